The molecule has 2 rings (SSSR count). The Morgan fingerprint density at radius 3 is 2.48 bits per heavy atom. The fourth-order valence-corrected chi connectivity index (χ4v) is 2.63. The first-order valence-electron chi connectivity index (χ1n) is 7.31. The SMILES string of the molecule is CCNc1nc(C(C)C)nc(NC(C)c2nccs2)c1C. The maximum Gasteiger partial charge on any atom is 0.135 e. The standard InChI is InChI=1S/C15H23N5S/c1-6-16-13-10(4)14(20-12(19-13)9(2)3)18-11(5)15-17-7-8-21-15/h7-9,11H,6H2,1-5H3,(H2,16,18,19,20). The molecule has 0 bridgehead atoms. The third-order valence-corrected chi connectivity index (χ3v) is 4.16. The van der Waals surface area contributed by atoms with Crippen molar-refractivity contribution in [2.45, 2.75) is 46.6 Å². The molecule has 2 heterocycles. The van der Waals surface area contributed by atoms with Crippen LogP contribution in [-0.4, -0.2) is 21.5 Å². The van der Waals surface area contributed by atoms with E-state index in [0.29, 0.717) is 5.92 Å². The van der Waals surface area contributed by atoms with Gasteiger partial charge in [-0.15, -0.1) is 11.3 Å². The van der Waals surface area contributed by atoms with Gasteiger partial charge >= 0.3 is 0 Å². The molecule has 114 valence electrons. The van der Waals surface area contributed by atoms with E-state index in [9.17, 15) is 0 Å². The maximum absolute atomic E-state index is 4.68. The van der Waals surface area contributed by atoms with Crippen molar-refractivity contribution in [2.75, 3.05) is 17.2 Å². The molecule has 2 aromatic rings. The molecule has 0 spiro atoms. The summed E-state index contributed by atoms with van der Waals surface area (Å²) in [7, 11) is 0. The lowest BCUT2D eigenvalue weighted by Gasteiger charge is -2.18. The molecular formula is C15H23N5S. The van der Waals surface area contributed by atoms with Gasteiger partial charge in [-0.1, -0.05) is 13.8 Å². The van der Waals surface area contributed by atoms with Crippen molar-refractivity contribution in [2.24, 2.45) is 0 Å². The first-order valence-corrected chi connectivity index (χ1v) is 8.19. The molecule has 2 N–H and O–H groups in total. The maximum atomic E-state index is 4.68. The minimum absolute atomic E-state index is 0.132. The summed E-state index contributed by atoms with van der Waals surface area (Å²) in [5, 5.41) is 9.83. The van der Waals surface area contributed by atoms with Crippen molar-refractivity contribution in [3.8, 4) is 0 Å². The predicted molar refractivity (Wildman–Crippen MR) is 89.2 cm³/mol. The van der Waals surface area contributed by atoms with Gasteiger partial charge in [0.25, 0.3) is 0 Å². The predicted octanol–water partition coefficient (Wildman–Crippen LogP) is 3.97. The highest BCUT2D eigenvalue weighted by atomic mass is 32.1. The van der Waals surface area contributed by atoms with Crippen LogP contribution in [0, 0.1) is 6.92 Å². The number of aromatic nitrogens is 3. The van der Waals surface area contributed by atoms with Crippen LogP contribution in [0.3, 0.4) is 0 Å². The van der Waals surface area contributed by atoms with Gasteiger partial charge < -0.3 is 10.6 Å². The molecule has 21 heavy (non-hydrogen) atoms. The van der Waals surface area contributed by atoms with Crippen molar-refractivity contribution in [3.05, 3.63) is 28.0 Å². The molecule has 6 heteroatoms. The van der Waals surface area contributed by atoms with Crippen LogP contribution in [0.4, 0.5) is 11.6 Å². The van der Waals surface area contributed by atoms with Crippen molar-refractivity contribution >= 4 is 23.0 Å². The zero-order valence-electron chi connectivity index (χ0n) is 13.3. The van der Waals surface area contributed by atoms with Crippen LogP contribution in [0.2, 0.25) is 0 Å². The molecular weight excluding hydrogens is 282 g/mol. The average Bonchev–Trinajstić information content (AvgIpc) is 2.97. The third-order valence-electron chi connectivity index (χ3n) is 3.20. The number of rotatable bonds is 6. The third kappa shape index (κ3) is 3.69. The Morgan fingerprint density at radius 1 is 1.19 bits per heavy atom. The Bertz CT molecular complexity index is 580. The first-order chi connectivity index (χ1) is 10.0. The van der Waals surface area contributed by atoms with Crippen LogP contribution < -0.4 is 10.6 Å². The minimum atomic E-state index is 0.132. The largest absolute Gasteiger partial charge is 0.370 e. The van der Waals surface area contributed by atoms with Crippen molar-refractivity contribution in [1.82, 2.24) is 15.0 Å². The van der Waals surface area contributed by atoms with Gasteiger partial charge in [0.05, 0.1) is 6.04 Å². The van der Waals surface area contributed by atoms with Gasteiger partial charge in [-0.2, -0.15) is 0 Å². The van der Waals surface area contributed by atoms with Gasteiger partial charge in [0.1, 0.15) is 22.5 Å². The molecule has 5 nitrogen and oxygen atoms in total. The smallest absolute Gasteiger partial charge is 0.135 e. The van der Waals surface area contributed by atoms with Crippen LogP contribution in [-0.2, 0) is 0 Å². The van der Waals surface area contributed by atoms with Gasteiger partial charge in [0.2, 0.25) is 0 Å². The van der Waals surface area contributed by atoms with E-state index in [1.807, 2.05) is 18.5 Å². The van der Waals surface area contributed by atoms with E-state index in [0.717, 1.165) is 34.6 Å². The number of anilines is 2. The fraction of sp³-hybridized carbons (Fsp3) is 0.533. The Labute approximate surface area is 130 Å². The van der Waals surface area contributed by atoms with Gasteiger partial charge in [-0.3, -0.25) is 0 Å². The van der Waals surface area contributed by atoms with Crippen molar-refractivity contribution in [1.29, 1.82) is 0 Å². The average molecular weight is 305 g/mol. The number of thiazole rings is 1. The van der Waals surface area contributed by atoms with E-state index in [1.54, 1.807) is 11.3 Å². The molecule has 0 aliphatic carbocycles. The normalized spacial score (nSPS) is 12.5. The summed E-state index contributed by atoms with van der Waals surface area (Å²) in [6.07, 6.45) is 1.83. The Morgan fingerprint density at radius 2 is 1.90 bits per heavy atom. The lowest BCUT2D eigenvalue weighted by atomic mass is 10.2. The molecule has 1 unspecified atom stereocenters. The quantitative estimate of drug-likeness (QED) is 0.845. The van der Waals surface area contributed by atoms with Crippen LogP contribution >= 0.6 is 11.3 Å². The molecule has 0 aromatic carbocycles. The number of hydrogen-bond acceptors (Lipinski definition) is 6. The first kappa shape index (κ1) is 15.7. The molecule has 0 aliphatic rings. The van der Waals surface area contributed by atoms with E-state index in [1.165, 1.54) is 0 Å². The topological polar surface area (TPSA) is 62.7 Å². The zero-order chi connectivity index (χ0) is 15.4. The molecule has 2 aromatic heterocycles. The summed E-state index contributed by atoms with van der Waals surface area (Å²) in [5.41, 5.74) is 1.05. The van der Waals surface area contributed by atoms with Crippen LogP contribution in [0.1, 0.15) is 56.1 Å². The second-order valence-corrected chi connectivity index (χ2v) is 6.25. The van der Waals surface area contributed by atoms with Crippen molar-refractivity contribution < 1.29 is 0 Å². The molecule has 0 saturated carbocycles. The van der Waals surface area contributed by atoms with E-state index in [4.69, 9.17) is 0 Å². The Kier molecular flexibility index (Phi) is 5.12. The van der Waals surface area contributed by atoms with E-state index >= 15 is 0 Å². The molecule has 0 fully saturated rings. The van der Waals surface area contributed by atoms with Crippen LogP contribution in [0.25, 0.3) is 0 Å². The summed E-state index contributed by atoms with van der Waals surface area (Å²) in [4.78, 5) is 13.7. The summed E-state index contributed by atoms with van der Waals surface area (Å²) >= 11 is 1.65. The highest BCUT2D eigenvalue weighted by Crippen LogP contribution is 2.27. The monoisotopic (exact) mass is 305 g/mol. The second kappa shape index (κ2) is 6.85. The van der Waals surface area contributed by atoms with Gasteiger partial charge in [-0.05, 0) is 20.8 Å². The van der Waals surface area contributed by atoms with E-state index < -0.39 is 0 Å². The molecule has 0 aliphatic heterocycles. The summed E-state index contributed by atoms with van der Waals surface area (Å²) in [6.45, 7) is 11.3. The van der Waals surface area contributed by atoms with Gasteiger partial charge in [0.15, 0.2) is 0 Å². The van der Waals surface area contributed by atoms with E-state index in [2.05, 4.69) is 53.3 Å². The summed E-state index contributed by atoms with van der Waals surface area (Å²) in [5.74, 6) is 2.93. The van der Waals surface area contributed by atoms with Crippen LogP contribution in [0.15, 0.2) is 11.6 Å². The summed E-state index contributed by atoms with van der Waals surface area (Å²) in [6, 6.07) is 0.132. The number of nitrogens with zero attached hydrogens (tertiary/aromatic N) is 3. The molecule has 1 atom stereocenters. The highest BCUT2D eigenvalue weighted by Gasteiger charge is 2.16. The number of hydrogen-bond donors (Lipinski definition) is 2. The van der Waals surface area contributed by atoms with Crippen molar-refractivity contribution in [3.63, 3.8) is 0 Å². The lowest BCUT2D eigenvalue weighted by molar-refractivity contribution is 0.765. The Hall–Kier alpha value is -1.69. The highest BCUT2D eigenvalue weighted by molar-refractivity contribution is 7.09. The number of nitrogens with one attached hydrogen (secondary N) is 2. The second-order valence-electron chi connectivity index (χ2n) is 5.33. The Balaban J connectivity index is 2.32. The lowest BCUT2D eigenvalue weighted by Crippen LogP contribution is -2.14. The fourth-order valence-electron chi connectivity index (χ4n) is 1.99. The van der Waals surface area contributed by atoms with Gasteiger partial charge in [-0.25, -0.2) is 15.0 Å². The van der Waals surface area contributed by atoms with Gasteiger partial charge in [0, 0.05) is 29.6 Å². The summed E-state index contributed by atoms with van der Waals surface area (Å²) < 4.78 is 0. The van der Waals surface area contributed by atoms with E-state index in [-0.39, 0.29) is 6.04 Å². The zero-order valence-corrected chi connectivity index (χ0v) is 14.1. The minimum Gasteiger partial charge on any atom is -0.370 e. The molecule has 0 radical (unpaired) electrons. The van der Waals surface area contributed by atoms with Crippen LogP contribution in [0.5, 0.6) is 0 Å². The molecule has 0 amide bonds. The molecule has 0 saturated heterocycles.